The number of nitrogens with zero attached hydrogens (tertiary/aromatic N) is 1. The second kappa shape index (κ2) is 8.06. The molecule has 1 fully saturated rings. The Labute approximate surface area is 135 Å². The van der Waals surface area contributed by atoms with Gasteiger partial charge in [0.05, 0.1) is 12.6 Å². The van der Waals surface area contributed by atoms with E-state index in [4.69, 9.17) is 0 Å². The van der Waals surface area contributed by atoms with Crippen LogP contribution >= 0.6 is 0 Å². The summed E-state index contributed by atoms with van der Waals surface area (Å²) in [6, 6.07) is 5.32. The topological polar surface area (TPSA) is 69.6 Å². The molecule has 0 bridgehead atoms. The summed E-state index contributed by atoms with van der Waals surface area (Å²) in [6.45, 7) is 0.338. The Morgan fingerprint density at radius 1 is 1.35 bits per heavy atom. The summed E-state index contributed by atoms with van der Waals surface area (Å²) in [7, 11) is 1.66. The molecule has 126 valence electrons. The molecule has 5 nitrogen and oxygen atoms in total. The average molecular weight is 322 g/mol. The molecule has 0 spiro atoms. The first-order valence-electron chi connectivity index (χ1n) is 7.93. The molecule has 1 aliphatic carbocycles. The second-order valence-corrected chi connectivity index (χ2v) is 6.08. The van der Waals surface area contributed by atoms with E-state index >= 15 is 0 Å². The lowest BCUT2D eigenvalue weighted by Crippen LogP contribution is -2.42. The quantitative estimate of drug-likeness (QED) is 0.864. The Hall–Kier alpha value is -1.95. The van der Waals surface area contributed by atoms with Crippen molar-refractivity contribution in [2.45, 2.75) is 31.8 Å². The fraction of sp³-hybridized carbons (Fsp3) is 0.529. The van der Waals surface area contributed by atoms with Crippen molar-refractivity contribution in [3.05, 3.63) is 35.6 Å². The highest BCUT2D eigenvalue weighted by atomic mass is 19.1. The van der Waals surface area contributed by atoms with Gasteiger partial charge >= 0.3 is 0 Å². The largest absolute Gasteiger partial charge is 0.393 e. The van der Waals surface area contributed by atoms with Crippen LogP contribution in [0.25, 0.3) is 0 Å². The zero-order chi connectivity index (χ0) is 16.8. The molecule has 1 aliphatic rings. The molecule has 2 N–H and O–H groups in total. The maximum absolute atomic E-state index is 13.1. The minimum Gasteiger partial charge on any atom is -0.393 e. The predicted molar refractivity (Wildman–Crippen MR) is 84.3 cm³/mol. The fourth-order valence-electron chi connectivity index (χ4n) is 2.88. The molecule has 1 saturated carbocycles. The van der Waals surface area contributed by atoms with Gasteiger partial charge in [0.15, 0.2) is 0 Å². The molecule has 2 amide bonds. The van der Waals surface area contributed by atoms with Gasteiger partial charge in [0.1, 0.15) is 5.82 Å². The molecule has 1 aromatic carbocycles. The van der Waals surface area contributed by atoms with Gasteiger partial charge < -0.3 is 15.3 Å². The number of aliphatic hydroxyl groups excluding tert-OH is 1. The number of nitrogens with one attached hydrogen (secondary N) is 1. The molecule has 0 radical (unpaired) electrons. The molecule has 0 saturated heterocycles. The van der Waals surface area contributed by atoms with Crippen LogP contribution in [0.5, 0.6) is 0 Å². The third-order valence-corrected chi connectivity index (χ3v) is 4.29. The number of rotatable bonds is 5. The highest BCUT2D eigenvalue weighted by Crippen LogP contribution is 2.24. The number of aliphatic hydroxyl groups is 1. The van der Waals surface area contributed by atoms with Crippen LogP contribution in [-0.2, 0) is 4.79 Å². The van der Waals surface area contributed by atoms with E-state index < -0.39 is 11.7 Å². The van der Waals surface area contributed by atoms with E-state index in [-0.39, 0.29) is 30.0 Å². The molecular formula is C17H23FN2O3. The van der Waals surface area contributed by atoms with Gasteiger partial charge in [0.25, 0.3) is 5.91 Å². The Kier molecular flexibility index (Phi) is 6.10. The first kappa shape index (κ1) is 17.4. The van der Waals surface area contributed by atoms with Crippen LogP contribution in [0.3, 0.4) is 0 Å². The van der Waals surface area contributed by atoms with Crippen LogP contribution in [0, 0.1) is 11.7 Å². The van der Waals surface area contributed by atoms with Crippen molar-refractivity contribution in [2.24, 2.45) is 5.92 Å². The van der Waals surface area contributed by atoms with Crippen molar-refractivity contribution in [2.75, 3.05) is 20.1 Å². The summed E-state index contributed by atoms with van der Waals surface area (Å²) in [4.78, 5) is 25.5. The van der Waals surface area contributed by atoms with Crippen LogP contribution in [0.1, 0.15) is 36.0 Å². The summed E-state index contributed by atoms with van der Waals surface area (Å²) < 4.78 is 13.1. The number of benzene rings is 1. The van der Waals surface area contributed by atoms with Gasteiger partial charge in [-0.2, -0.15) is 0 Å². The molecular weight excluding hydrogens is 299 g/mol. The molecule has 23 heavy (non-hydrogen) atoms. The number of likely N-dealkylation sites (N-methyl/N-ethyl adjacent to an activating group) is 1. The first-order chi connectivity index (χ1) is 11.0. The summed E-state index contributed by atoms with van der Waals surface area (Å²) in [5.41, 5.74) is 0.183. The number of amides is 2. The molecule has 0 aliphatic heterocycles. The Balaban J connectivity index is 1.80. The van der Waals surface area contributed by atoms with E-state index in [1.165, 1.54) is 23.1 Å². The zero-order valence-electron chi connectivity index (χ0n) is 13.3. The highest BCUT2D eigenvalue weighted by Gasteiger charge is 2.25. The van der Waals surface area contributed by atoms with Gasteiger partial charge in [0.2, 0.25) is 5.91 Å². The summed E-state index contributed by atoms with van der Waals surface area (Å²) in [6.07, 6.45) is 3.43. The van der Waals surface area contributed by atoms with E-state index in [0.29, 0.717) is 6.54 Å². The van der Waals surface area contributed by atoms with Crippen molar-refractivity contribution in [3.8, 4) is 0 Å². The maximum Gasteiger partial charge on any atom is 0.251 e. The minimum absolute atomic E-state index is 0.0941. The van der Waals surface area contributed by atoms with E-state index in [1.807, 2.05) is 0 Å². The third kappa shape index (κ3) is 5.03. The lowest BCUT2D eigenvalue weighted by molar-refractivity contribution is -0.130. The summed E-state index contributed by atoms with van der Waals surface area (Å²) in [5, 5.41) is 12.4. The second-order valence-electron chi connectivity index (χ2n) is 6.08. The number of hydrogen-bond donors (Lipinski definition) is 2. The lowest BCUT2D eigenvalue weighted by Gasteiger charge is -2.31. The smallest absolute Gasteiger partial charge is 0.251 e. The fourth-order valence-corrected chi connectivity index (χ4v) is 2.88. The molecule has 0 aromatic heterocycles. The molecule has 6 heteroatoms. The standard InChI is InChI=1S/C17H23FN2O3/c1-20(11-13-5-2-3-8-15(13)21)16(22)10-19-17(23)12-6-4-7-14(18)9-12/h4,6-7,9,13,15,21H,2-3,5,8,10-11H2,1H3,(H,19,23). The van der Waals surface area contributed by atoms with Crippen LogP contribution < -0.4 is 5.32 Å². The highest BCUT2D eigenvalue weighted by molar-refractivity contribution is 5.96. The number of hydrogen-bond acceptors (Lipinski definition) is 3. The Morgan fingerprint density at radius 2 is 2.09 bits per heavy atom. The van der Waals surface area contributed by atoms with Crippen molar-refractivity contribution < 1.29 is 19.1 Å². The van der Waals surface area contributed by atoms with Crippen LogP contribution in [0.2, 0.25) is 0 Å². The first-order valence-corrected chi connectivity index (χ1v) is 7.93. The van der Waals surface area contributed by atoms with Crippen molar-refractivity contribution in [1.82, 2.24) is 10.2 Å². The minimum atomic E-state index is -0.493. The van der Waals surface area contributed by atoms with Gasteiger partial charge in [0, 0.05) is 25.1 Å². The van der Waals surface area contributed by atoms with E-state index in [0.717, 1.165) is 31.7 Å². The van der Waals surface area contributed by atoms with E-state index in [2.05, 4.69) is 5.32 Å². The van der Waals surface area contributed by atoms with Gasteiger partial charge in [-0.15, -0.1) is 0 Å². The van der Waals surface area contributed by atoms with E-state index in [1.54, 1.807) is 7.05 Å². The zero-order valence-corrected chi connectivity index (χ0v) is 13.3. The van der Waals surface area contributed by atoms with Crippen LogP contribution in [-0.4, -0.2) is 48.1 Å². The number of carbonyl (C=O) groups excluding carboxylic acids is 2. The monoisotopic (exact) mass is 322 g/mol. The van der Waals surface area contributed by atoms with Gasteiger partial charge in [-0.25, -0.2) is 4.39 Å². The van der Waals surface area contributed by atoms with Crippen molar-refractivity contribution in [3.63, 3.8) is 0 Å². The summed E-state index contributed by atoms with van der Waals surface area (Å²) in [5.74, 6) is -1.11. The Bertz CT molecular complexity index is 565. The van der Waals surface area contributed by atoms with Crippen LogP contribution in [0.15, 0.2) is 24.3 Å². The molecule has 2 rings (SSSR count). The molecule has 2 atom stereocenters. The summed E-state index contributed by atoms with van der Waals surface area (Å²) >= 11 is 0. The third-order valence-electron chi connectivity index (χ3n) is 4.29. The van der Waals surface area contributed by atoms with Crippen molar-refractivity contribution >= 4 is 11.8 Å². The Morgan fingerprint density at radius 3 is 2.78 bits per heavy atom. The van der Waals surface area contributed by atoms with Crippen molar-refractivity contribution in [1.29, 1.82) is 0 Å². The molecule has 0 heterocycles. The number of halogens is 1. The van der Waals surface area contributed by atoms with Gasteiger partial charge in [-0.1, -0.05) is 18.9 Å². The molecule has 2 unspecified atom stereocenters. The normalized spacial score (nSPS) is 20.8. The van der Waals surface area contributed by atoms with Gasteiger partial charge in [-0.3, -0.25) is 9.59 Å². The van der Waals surface area contributed by atoms with Crippen LogP contribution in [0.4, 0.5) is 4.39 Å². The average Bonchev–Trinajstić information content (AvgIpc) is 2.54. The maximum atomic E-state index is 13.1. The van der Waals surface area contributed by atoms with Gasteiger partial charge in [-0.05, 0) is 31.0 Å². The molecule has 1 aromatic rings. The van der Waals surface area contributed by atoms with E-state index in [9.17, 15) is 19.1 Å². The lowest BCUT2D eigenvalue weighted by atomic mass is 9.86. The SMILES string of the molecule is CN(CC1CCCCC1O)C(=O)CNC(=O)c1cccc(F)c1. The number of carbonyl (C=O) groups is 2. The predicted octanol–water partition coefficient (Wildman–Crippen LogP) is 1.56.